The molecule has 0 aliphatic rings. The van der Waals surface area contributed by atoms with Gasteiger partial charge in [0.2, 0.25) is 0 Å². The highest BCUT2D eigenvalue weighted by Gasteiger charge is 2.13. The molecule has 0 aliphatic carbocycles. The lowest BCUT2D eigenvalue weighted by Crippen LogP contribution is -2.17. The fourth-order valence-electron chi connectivity index (χ4n) is 2.79. The molecule has 3 rings (SSSR count). The second kappa shape index (κ2) is 4.69. The fraction of sp³-hybridized carbons (Fsp3) is 0.125. The van der Waals surface area contributed by atoms with Gasteiger partial charge in [-0.2, -0.15) is 0 Å². The molecule has 0 saturated heterocycles. The van der Waals surface area contributed by atoms with Gasteiger partial charge in [0.05, 0.1) is 0 Å². The van der Waals surface area contributed by atoms with E-state index in [1.54, 1.807) is 0 Å². The van der Waals surface area contributed by atoms with Crippen molar-refractivity contribution in [2.45, 2.75) is 13.2 Å². The van der Waals surface area contributed by atoms with E-state index < -0.39 is 7.12 Å². The molecule has 19 heavy (non-hydrogen) atoms. The molecule has 0 heterocycles. The number of hydrogen-bond acceptors (Lipinski definition) is 2. The average molecular weight is 250 g/mol. The molecule has 0 spiro atoms. The molecule has 0 atom stereocenters. The summed E-state index contributed by atoms with van der Waals surface area (Å²) in [6.07, 6.45) is 2.32. The molecule has 0 fully saturated rings. The normalized spacial score (nSPS) is 12.5. The predicted octanol–water partition coefficient (Wildman–Crippen LogP) is 2.07. The van der Waals surface area contributed by atoms with Crippen molar-refractivity contribution in [3.8, 4) is 0 Å². The molecule has 0 saturated carbocycles. The Balaban J connectivity index is 2.50. The lowest BCUT2D eigenvalue weighted by Gasteiger charge is -2.11. The van der Waals surface area contributed by atoms with Crippen LogP contribution in [0.25, 0.3) is 27.6 Å². The number of rotatable bonds is 2. The van der Waals surface area contributed by atoms with Gasteiger partial charge in [-0.3, -0.25) is 0 Å². The molecule has 0 bridgehead atoms. The van der Waals surface area contributed by atoms with E-state index in [9.17, 15) is 10.0 Å². The Kier molecular flexibility index (Phi) is 3.01. The van der Waals surface area contributed by atoms with E-state index in [4.69, 9.17) is 0 Å². The maximum absolute atomic E-state index is 9.26. The number of hydrogen-bond donors (Lipinski definition) is 2. The quantitative estimate of drug-likeness (QED) is 0.683. The summed E-state index contributed by atoms with van der Waals surface area (Å²) < 4.78 is 0. The van der Waals surface area contributed by atoms with Crippen LogP contribution < -0.4 is 5.22 Å². The highest BCUT2D eigenvalue weighted by molar-refractivity contribution is 6.41. The topological polar surface area (TPSA) is 40.5 Å². The molecule has 0 amide bonds. The maximum Gasteiger partial charge on any atom is 0.456 e. The second-order valence-corrected chi connectivity index (χ2v) is 4.81. The van der Waals surface area contributed by atoms with E-state index >= 15 is 0 Å². The Hall–Kier alpha value is -1.84. The summed E-state index contributed by atoms with van der Waals surface area (Å²) in [6.45, 7) is 2.01. The zero-order valence-electron chi connectivity index (χ0n) is 10.8. The van der Waals surface area contributed by atoms with Gasteiger partial charge in [-0.15, -0.1) is 0 Å². The molecular weight excluding hydrogens is 235 g/mol. The molecule has 0 aliphatic heterocycles. The lowest BCUT2D eigenvalue weighted by molar-refractivity contribution is 0.405. The van der Waals surface area contributed by atoms with E-state index in [-0.39, 0.29) is 6.32 Å². The van der Waals surface area contributed by atoms with Crippen molar-refractivity contribution < 1.29 is 10.0 Å². The Labute approximate surface area is 112 Å². The van der Waals surface area contributed by atoms with Gasteiger partial charge in [0.15, 0.2) is 0 Å². The van der Waals surface area contributed by atoms with Crippen LogP contribution in [0.1, 0.15) is 12.5 Å². The van der Waals surface area contributed by atoms with Crippen LogP contribution in [-0.4, -0.2) is 17.2 Å². The predicted molar refractivity (Wildman–Crippen MR) is 80.7 cm³/mol. The zero-order valence-corrected chi connectivity index (χ0v) is 10.8. The third-order valence-corrected chi connectivity index (χ3v) is 3.61. The molecular formula is C16H15BO2. The highest BCUT2D eigenvalue weighted by atomic mass is 16.4. The molecule has 3 aromatic rings. The Morgan fingerprint density at radius 3 is 2.26 bits per heavy atom. The lowest BCUT2D eigenvalue weighted by atomic mass is 9.79. The largest absolute Gasteiger partial charge is 0.456 e. The summed E-state index contributed by atoms with van der Waals surface area (Å²) >= 11 is 0. The highest BCUT2D eigenvalue weighted by Crippen LogP contribution is 2.27. The van der Waals surface area contributed by atoms with Crippen molar-refractivity contribution in [1.82, 2.24) is 0 Å². The van der Waals surface area contributed by atoms with Crippen LogP contribution in [-0.2, 0) is 6.32 Å². The van der Waals surface area contributed by atoms with Crippen LogP contribution >= 0.6 is 0 Å². The van der Waals surface area contributed by atoms with E-state index in [1.165, 1.54) is 16.2 Å². The summed E-state index contributed by atoms with van der Waals surface area (Å²) in [5, 5.41) is 24.4. The molecule has 2 nitrogen and oxygen atoms in total. The van der Waals surface area contributed by atoms with E-state index in [0.29, 0.717) is 0 Å². The monoisotopic (exact) mass is 250 g/mol. The SMILES string of the molecule is C/C=c1/ccc2cccc3ccc(CB(O)O)c1c32. The van der Waals surface area contributed by atoms with Gasteiger partial charge in [-0.1, -0.05) is 48.5 Å². The minimum atomic E-state index is -1.31. The van der Waals surface area contributed by atoms with Crippen LogP contribution in [0, 0.1) is 0 Å². The summed E-state index contributed by atoms with van der Waals surface area (Å²) in [7, 11) is -1.31. The molecule has 0 unspecified atom stereocenters. The maximum atomic E-state index is 9.26. The molecule has 3 aromatic carbocycles. The molecule has 0 radical (unpaired) electrons. The van der Waals surface area contributed by atoms with Gasteiger partial charge in [0.25, 0.3) is 0 Å². The van der Waals surface area contributed by atoms with E-state index in [0.717, 1.165) is 16.2 Å². The standard InChI is InChI=1S/C16H15BO2/c1-2-11-6-7-12-4-3-5-13-8-9-14(10-17(18)19)15(11)16(12)13/h2-9,18-19H,10H2,1H3/b11-2-. The zero-order chi connectivity index (χ0) is 13.4. The van der Waals surface area contributed by atoms with Gasteiger partial charge in [-0.25, -0.2) is 0 Å². The smallest absolute Gasteiger partial charge is 0.427 e. The molecule has 94 valence electrons. The fourth-order valence-corrected chi connectivity index (χ4v) is 2.79. The van der Waals surface area contributed by atoms with Gasteiger partial charge in [0, 0.05) is 6.32 Å². The first-order valence-electron chi connectivity index (χ1n) is 6.46. The summed E-state index contributed by atoms with van der Waals surface area (Å²) in [5.74, 6) is 0. The van der Waals surface area contributed by atoms with Crippen LogP contribution in [0.15, 0.2) is 42.5 Å². The van der Waals surface area contributed by atoms with Gasteiger partial charge in [-0.05, 0) is 39.3 Å². The first-order valence-corrected chi connectivity index (χ1v) is 6.46. The molecule has 0 aromatic heterocycles. The minimum Gasteiger partial charge on any atom is -0.427 e. The average Bonchev–Trinajstić information content (AvgIpc) is 2.41. The van der Waals surface area contributed by atoms with Crippen molar-refractivity contribution >= 4 is 34.7 Å². The Bertz CT molecular complexity index is 777. The first kappa shape index (κ1) is 12.2. The Morgan fingerprint density at radius 2 is 1.63 bits per heavy atom. The van der Waals surface area contributed by atoms with Crippen LogP contribution in [0.5, 0.6) is 0 Å². The second-order valence-electron chi connectivity index (χ2n) is 4.81. The van der Waals surface area contributed by atoms with Crippen molar-refractivity contribution in [3.63, 3.8) is 0 Å². The van der Waals surface area contributed by atoms with E-state index in [1.807, 2.05) is 25.1 Å². The minimum absolute atomic E-state index is 0.255. The summed E-state index contributed by atoms with van der Waals surface area (Å²) in [5.41, 5.74) is 0.979. The third-order valence-electron chi connectivity index (χ3n) is 3.61. The van der Waals surface area contributed by atoms with Crippen LogP contribution in [0.3, 0.4) is 0 Å². The summed E-state index contributed by atoms with van der Waals surface area (Å²) in [6, 6.07) is 14.5. The van der Waals surface area contributed by atoms with Crippen molar-refractivity contribution in [2.75, 3.05) is 0 Å². The molecule has 2 N–H and O–H groups in total. The summed E-state index contributed by atoms with van der Waals surface area (Å²) in [4.78, 5) is 0. The molecule has 3 heteroatoms. The van der Waals surface area contributed by atoms with Gasteiger partial charge >= 0.3 is 7.12 Å². The van der Waals surface area contributed by atoms with E-state index in [2.05, 4.69) is 30.3 Å². The van der Waals surface area contributed by atoms with Crippen molar-refractivity contribution in [1.29, 1.82) is 0 Å². The first-order chi connectivity index (χ1) is 9.20. The van der Waals surface area contributed by atoms with Gasteiger partial charge in [0.1, 0.15) is 0 Å². The Morgan fingerprint density at radius 1 is 0.947 bits per heavy atom. The van der Waals surface area contributed by atoms with Crippen molar-refractivity contribution in [3.05, 3.63) is 53.2 Å². The van der Waals surface area contributed by atoms with Crippen LogP contribution in [0.2, 0.25) is 0 Å². The number of benzene rings is 3. The third kappa shape index (κ3) is 2.01. The van der Waals surface area contributed by atoms with Crippen LogP contribution in [0.4, 0.5) is 0 Å². The van der Waals surface area contributed by atoms with Gasteiger partial charge < -0.3 is 10.0 Å². The van der Waals surface area contributed by atoms with Crippen molar-refractivity contribution in [2.24, 2.45) is 0 Å².